The van der Waals surface area contributed by atoms with Gasteiger partial charge < -0.3 is 19.9 Å². The van der Waals surface area contributed by atoms with Gasteiger partial charge in [-0.2, -0.15) is 0 Å². The van der Waals surface area contributed by atoms with Crippen LogP contribution in [0.5, 0.6) is 11.5 Å². The van der Waals surface area contributed by atoms with E-state index >= 15 is 0 Å². The standard InChI is InChI=1S/C22H27Cl2NO4/c1-5-6-9-28-19-12-16(7-8-17(19)21(27)29-22(2,3)4)25-13-14-10-15(23)11-18(24)20(14)26/h7-8,10-12,25-26H,5-6,9,13H2,1-4H3. The topological polar surface area (TPSA) is 67.8 Å². The molecule has 0 aromatic heterocycles. The highest BCUT2D eigenvalue weighted by Gasteiger charge is 2.21. The Hall–Kier alpha value is -2.11. The van der Waals surface area contributed by atoms with Crippen LogP contribution in [0.2, 0.25) is 10.0 Å². The van der Waals surface area contributed by atoms with Crippen molar-refractivity contribution in [3.63, 3.8) is 0 Å². The van der Waals surface area contributed by atoms with Crippen molar-refractivity contribution in [1.29, 1.82) is 0 Å². The maximum absolute atomic E-state index is 12.5. The van der Waals surface area contributed by atoms with Crippen molar-refractivity contribution in [3.8, 4) is 11.5 Å². The third kappa shape index (κ3) is 7.02. The van der Waals surface area contributed by atoms with E-state index in [9.17, 15) is 9.90 Å². The Bertz CT molecular complexity index is 863. The molecule has 0 spiro atoms. The lowest BCUT2D eigenvalue weighted by molar-refractivity contribution is 0.00658. The maximum atomic E-state index is 12.5. The second-order valence-corrected chi connectivity index (χ2v) is 8.51. The molecule has 0 unspecified atom stereocenters. The van der Waals surface area contributed by atoms with E-state index < -0.39 is 11.6 Å². The van der Waals surface area contributed by atoms with Gasteiger partial charge in [0.2, 0.25) is 0 Å². The van der Waals surface area contributed by atoms with Gasteiger partial charge in [0.05, 0.1) is 11.6 Å². The van der Waals surface area contributed by atoms with Gasteiger partial charge in [0.15, 0.2) is 0 Å². The van der Waals surface area contributed by atoms with Crippen LogP contribution in [0.3, 0.4) is 0 Å². The van der Waals surface area contributed by atoms with Crippen LogP contribution in [0, 0.1) is 0 Å². The highest BCUT2D eigenvalue weighted by atomic mass is 35.5. The highest BCUT2D eigenvalue weighted by Crippen LogP contribution is 2.32. The highest BCUT2D eigenvalue weighted by molar-refractivity contribution is 6.35. The average molecular weight is 440 g/mol. The van der Waals surface area contributed by atoms with Crippen LogP contribution < -0.4 is 10.1 Å². The minimum atomic E-state index is -0.599. The summed E-state index contributed by atoms with van der Waals surface area (Å²) in [5.41, 5.74) is 1.06. The third-order valence-corrected chi connectivity index (χ3v) is 4.45. The van der Waals surface area contributed by atoms with E-state index in [0.29, 0.717) is 35.1 Å². The molecule has 2 aromatic rings. The van der Waals surface area contributed by atoms with Crippen molar-refractivity contribution in [2.75, 3.05) is 11.9 Å². The van der Waals surface area contributed by atoms with E-state index in [2.05, 4.69) is 12.2 Å². The molecule has 0 aliphatic rings. The fourth-order valence-electron chi connectivity index (χ4n) is 2.53. The lowest BCUT2D eigenvalue weighted by Gasteiger charge is -2.21. The van der Waals surface area contributed by atoms with Gasteiger partial charge in [-0.05, 0) is 51.5 Å². The Morgan fingerprint density at radius 1 is 1.17 bits per heavy atom. The van der Waals surface area contributed by atoms with Gasteiger partial charge >= 0.3 is 5.97 Å². The van der Waals surface area contributed by atoms with E-state index in [1.165, 1.54) is 6.07 Å². The Morgan fingerprint density at radius 3 is 2.55 bits per heavy atom. The number of nitrogens with one attached hydrogen (secondary N) is 1. The number of phenols is 1. The van der Waals surface area contributed by atoms with E-state index in [1.807, 2.05) is 20.8 Å². The second kappa shape index (κ2) is 10.1. The zero-order valence-electron chi connectivity index (χ0n) is 17.1. The molecule has 0 saturated heterocycles. The van der Waals surface area contributed by atoms with E-state index in [-0.39, 0.29) is 10.8 Å². The summed E-state index contributed by atoms with van der Waals surface area (Å²) in [6.45, 7) is 8.33. The quantitative estimate of drug-likeness (QED) is 0.365. The monoisotopic (exact) mass is 439 g/mol. The molecule has 158 valence electrons. The molecular weight excluding hydrogens is 413 g/mol. The SMILES string of the molecule is CCCCOc1cc(NCc2cc(Cl)cc(Cl)c2O)ccc1C(=O)OC(C)(C)C. The van der Waals surface area contributed by atoms with Crippen LogP contribution in [-0.2, 0) is 11.3 Å². The van der Waals surface area contributed by atoms with Gasteiger partial charge in [-0.3, -0.25) is 0 Å². The zero-order valence-corrected chi connectivity index (χ0v) is 18.7. The minimum Gasteiger partial charge on any atom is -0.506 e. The number of aromatic hydroxyl groups is 1. The summed E-state index contributed by atoms with van der Waals surface area (Å²) < 4.78 is 11.3. The molecule has 2 rings (SSSR count). The van der Waals surface area contributed by atoms with Crippen LogP contribution in [-0.4, -0.2) is 23.3 Å². The fourth-order valence-corrected chi connectivity index (χ4v) is 3.07. The van der Waals surface area contributed by atoms with Crippen molar-refractivity contribution in [2.24, 2.45) is 0 Å². The number of esters is 1. The molecule has 29 heavy (non-hydrogen) atoms. The lowest BCUT2D eigenvalue weighted by Crippen LogP contribution is -2.24. The largest absolute Gasteiger partial charge is 0.506 e. The molecule has 0 atom stereocenters. The molecule has 5 nitrogen and oxygen atoms in total. The number of phenolic OH excluding ortho intramolecular Hbond substituents is 1. The van der Waals surface area contributed by atoms with Crippen LogP contribution >= 0.6 is 23.2 Å². The van der Waals surface area contributed by atoms with Crippen molar-refractivity contribution in [3.05, 3.63) is 51.5 Å². The number of benzene rings is 2. The van der Waals surface area contributed by atoms with Gasteiger partial charge in [-0.25, -0.2) is 4.79 Å². The Morgan fingerprint density at radius 2 is 1.90 bits per heavy atom. The third-order valence-electron chi connectivity index (χ3n) is 3.95. The predicted octanol–water partition coefficient (Wildman–Crippen LogP) is 6.45. The first-order chi connectivity index (χ1) is 13.6. The van der Waals surface area contributed by atoms with Gasteiger partial charge in [-0.15, -0.1) is 0 Å². The van der Waals surface area contributed by atoms with Crippen LogP contribution in [0.25, 0.3) is 0 Å². The number of unbranched alkanes of at least 4 members (excludes halogenated alkanes) is 1. The van der Waals surface area contributed by atoms with E-state index in [0.717, 1.165) is 18.5 Å². The number of carbonyl (C=O) groups is 1. The lowest BCUT2D eigenvalue weighted by atomic mass is 10.1. The fraction of sp³-hybridized carbons (Fsp3) is 0.409. The summed E-state index contributed by atoms with van der Waals surface area (Å²) in [5.74, 6) is -0.00535. The minimum absolute atomic E-state index is 0.0200. The first-order valence-corrected chi connectivity index (χ1v) is 10.3. The number of hydrogen-bond acceptors (Lipinski definition) is 5. The number of halogens is 2. The molecule has 0 heterocycles. The molecule has 2 N–H and O–H groups in total. The molecule has 0 radical (unpaired) electrons. The molecule has 0 saturated carbocycles. The van der Waals surface area contributed by atoms with Gasteiger partial charge in [-0.1, -0.05) is 36.5 Å². The number of hydrogen-bond donors (Lipinski definition) is 2. The smallest absolute Gasteiger partial charge is 0.342 e. The summed E-state index contributed by atoms with van der Waals surface area (Å²) in [5, 5.41) is 13.9. The van der Waals surface area contributed by atoms with Gasteiger partial charge in [0.1, 0.15) is 22.7 Å². The van der Waals surface area contributed by atoms with Crippen LogP contribution in [0.1, 0.15) is 56.5 Å². The number of anilines is 1. The first kappa shape index (κ1) is 23.2. The summed E-state index contributed by atoms with van der Waals surface area (Å²) in [4.78, 5) is 12.5. The predicted molar refractivity (Wildman–Crippen MR) is 117 cm³/mol. The van der Waals surface area contributed by atoms with Crippen molar-refractivity contribution in [1.82, 2.24) is 0 Å². The number of ether oxygens (including phenoxy) is 2. The summed E-state index contributed by atoms with van der Waals surface area (Å²) in [6.07, 6.45) is 1.86. The van der Waals surface area contributed by atoms with Crippen LogP contribution in [0.15, 0.2) is 30.3 Å². The summed E-state index contributed by atoms with van der Waals surface area (Å²) >= 11 is 12.0. The Balaban J connectivity index is 2.22. The maximum Gasteiger partial charge on any atom is 0.342 e. The molecule has 2 aromatic carbocycles. The van der Waals surface area contributed by atoms with E-state index in [1.54, 1.807) is 24.3 Å². The zero-order chi connectivity index (χ0) is 21.6. The van der Waals surface area contributed by atoms with Crippen molar-refractivity contribution in [2.45, 2.75) is 52.7 Å². The number of rotatable bonds is 8. The van der Waals surface area contributed by atoms with Crippen molar-refractivity contribution >= 4 is 34.9 Å². The molecule has 0 aliphatic heterocycles. The molecule has 0 amide bonds. The Labute approximate surface area is 181 Å². The summed E-state index contributed by atoms with van der Waals surface area (Å²) in [7, 11) is 0. The summed E-state index contributed by atoms with van der Waals surface area (Å²) in [6, 6.07) is 8.30. The Kier molecular flexibility index (Phi) is 8.05. The molecule has 7 heteroatoms. The second-order valence-electron chi connectivity index (χ2n) is 7.66. The van der Waals surface area contributed by atoms with E-state index in [4.69, 9.17) is 32.7 Å². The molecular formula is C22H27Cl2NO4. The first-order valence-electron chi connectivity index (χ1n) is 9.51. The van der Waals surface area contributed by atoms with Gasteiger partial charge in [0, 0.05) is 28.9 Å². The molecule has 0 fully saturated rings. The number of carbonyl (C=O) groups excluding carboxylic acids is 1. The van der Waals surface area contributed by atoms with Crippen LogP contribution in [0.4, 0.5) is 5.69 Å². The molecule has 0 aliphatic carbocycles. The van der Waals surface area contributed by atoms with Gasteiger partial charge in [0.25, 0.3) is 0 Å². The van der Waals surface area contributed by atoms with Crippen molar-refractivity contribution < 1.29 is 19.4 Å². The molecule has 0 bridgehead atoms. The normalized spacial score (nSPS) is 11.2. The average Bonchev–Trinajstić information content (AvgIpc) is 2.62.